The number of aryl methyl sites for hydroxylation is 1. The lowest BCUT2D eigenvalue weighted by Crippen LogP contribution is -1.96. The Morgan fingerprint density at radius 3 is 1.89 bits per heavy atom. The molecule has 0 saturated carbocycles. The number of rotatable bonds is 5. The van der Waals surface area contributed by atoms with E-state index in [4.69, 9.17) is 4.74 Å². The van der Waals surface area contributed by atoms with E-state index >= 15 is 0 Å². The largest absolute Gasteiger partial charge is 0.494 e. The van der Waals surface area contributed by atoms with Crippen LogP contribution in [0.25, 0.3) is 11.1 Å². The first-order valence-corrected chi connectivity index (χ1v) is 9.44. The van der Waals surface area contributed by atoms with Crippen LogP contribution in [0, 0.1) is 23.5 Å². The van der Waals surface area contributed by atoms with Gasteiger partial charge in [0.1, 0.15) is 17.4 Å². The summed E-state index contributed by atoms with van der Waals surface area (Å²) in [5, 5.41) is 0. The molecular formula is C25H22F2O. The molecule has 3 rings (SSSR count). The van der Waals surface area contributed by atoms with Gasteiger partial charge in [0.25, 0.3) is 0 Å². The topological polar surface area (TPSA) is 9.23 Å². The summed E-state index contributed by atoms with van der Waals surface area (Å²) in [6.45, 7) is 4.27. The summed E-state index contributed by atoms with van der Waals surface area (Å²) < 4.78 is 33.3. The maximum Gasteiger partial charge on any atom is 0.145 e. The summed E-state index contributed by atoms with van der Waals surface area (Å²) in [5.41, 5.74) is 3.97. The molecule has 0 bridgehead atoms. The molecule has 0 spiro atoms. The molecule has 0 atom stereocenters. The highest BCUT2D eigenvalue weighted by molar-refractivity contribution is 5.64. The number of hydrogen-bond donors (Lipinski definition) is 0. The van der Waals surface area contributed by atoms with Crippen molar-refractivity contribution in [2.75, 3.05) is 6.61 Å². The van der Waals surface area contributed by atoms with Crippen molar-refractivity contribution < 1.29 is 13.5 Å². The van der Waals surface area contributed by atoms with Gasteiger partial charge in [-0.25, -0.2) is 8.78 Å². The molecule has 0 aromatic heterocycles. The minimum atomic E-state index is -0.722. The van der Waals surface area contributed by atoms with Gasteiger partial charge in [-0.3, -0.25) is 0 Å². The molecule has 0 aliphatic heterocycles. The molecular weight excluding hydrogens is 354 g/mol. The Labute approximate surface area is 165 Å². The highest BCUT2D eigenvalue weighted by Gasteiger charge is 2.09. The van der Waals surface area contributed by atoms with Crippen LogP contribution in [-0.4, -0.2) is 6.61 Å². The van der Waals surface area contributed by atoms with Crippen LogP contribution in [0.5, 0.6) is 5.75 Å². The highest BCUT2D eigenvalue weighted by Crippen LogP contribution is 2.22. The average molecular weight is 376 g/mol. The van der Waals surface area contributed by atoms with Crippen LogP contribution >= 0.6 is 0 Å². The molecule has 28 heavy (non-hydrogen) atoms. The SMILES string of the molecule is CCCc1ccc(-c2ccc(C#Cc3c(F)cc(OCC)cc3F)cc2)cc1. The number of ether oxygens (including phenoxy) is 1. The second-order valence-electron chi connectivity index (χ2n) is 6.47. The lowest BCUT2D eigenvalue weighted by Gasteiger charge is -2.05. The summed E-state index contributed by atoms with van der Waals surface area (Å²) in [5.74, 6) is 4.14. The van der Waals surface area contributed by atoms with Crippen molar-refractivity contribution in [3.63, 3.8) is 0 Å². The monoisotopic (exact) mass is 376 g/mol. The molecule has 0 N–H and O–H groups in total. The Morgan fingerprint density at radius 2 is 1.36 bits per heavy atom. The van der Waals surface area contributed by atoms with E-state index in [2.05, 4.69) is 43.0 Å². The van der Waals surface area contributed by atoms with Crippen molar-refractivity contribution in [2.45, 2.75) is 26.7 Å². The van der Waals surface area contributed by atoms with Crippen LogP contribution in [-0.2, 0) is 6.42 Å². The lowest BCUT2D eigenvalue weighted by atomic mass is 10.0. The molecule has 0 fully saturated rings. The maximum atomic E-state index is 14.1. The van der Waals surface area contributed by atoms with Crippen LogP contribution in [0.3, 0.4) is 0 Å². The third kappa shape index (κ3) is 4.78. The van der Waals surface area contributed by atoms with Crippen molar-refractivity contribution in [1.29, 1.82) is 0 Å². The van der Waals surface area contributed by atoms with Crippen LogP contribution in [0.1, 0.15) is 37.0 Å². The first-order valence-electron chi connectivity index (χ1n) is 9.44. The van der Waals surface area contributed by atoms with Crippen molar-refractivity contribution >= 4 is 0 Å². The second kappa shape index (κ2) is 9.19. The Hall–Kier alpha value is -3.12. The quantitative estimate of drug-likeness (QED) is 0.469. The molecule has 0 aliphatic rings. The van der Waals surface area contributed by atoms with Gasteiger partial charge in [0.15, 0.2) is 0 Å². The number of benzene rings is 3. The van der Waals surface area contributed by atoms with Gasteiger partial charge in [0.2, 0.25) is 0 Å². The smallest absolute Gasteiger partial charge is 0.145 e. The van der Waals surface area contributed by atoms with Gasteiger partial charge in [-0.05, 0) is 42.2 Å². The Kier molecular flexibility index (Phi) is 6.45. The average Bonchev–Trinajstić information content (AvgIpc) is 2.69. The van der Waals surface area contributed by atoms with E-state index < -0.39 is 11.6 Å². The van der Waals surface area contributed by atoms with Gasteiger partial charge in [0.05, 0.1) is 12.2 Å². The van der Waals surface area contributed by atoms with E-state index in [1.807, 2.05) is 24.3 Å². The fraction of sp³-hybridized carbons (Fsp3) is 0.200. The summed E-state index contributed by atoms with van der Waals surface area (Å²) in [6, 6.07) is 18.4. The number of hydrogen-bond acceptors (Lipinski definition) is 1. The summed E-state index contributed by atoms with van der Waals surface area (Å²) in [4.78, 5) is 0. The molecule has 0 unspecified atom stereocenters. The van der Waals surface area contributed by atoms with Crippen molar-refractivity contribution in [2.24, 2.45) is 0 Å². The van der Waals surface area contributed by atoms with E-state index in [9.17, 15) is 8.78 Å². The first kappa shape index (κ1) is 19.6. The molecule has 3 aromatic rings. The van der Waals surface area contributed by atoms with Crippen molar-refractivity contribution in [1.82, 2.24) is 0 Å². The van der Waals surface area contributed by atoms with Gasteiger partial charge in [-0.15, -0.1) is 0 Å². The van der Waals surface area contributed by atoms with E-state index in [0.717, 1.165) is 36.1 Å². The summed E-state index contributed by atoms with van der Waals surface area (Å²) >= 11 is 0. The standard InChI is InChI=1S/C25H22F2O/c1-3-5-18-6-11-20(12-7-18)21-13-8-19(9-14-21)10-15-23-24(26)16-22(28-4-2)17-25(23)27/h6-9,11-14,16-17H,3-5H2,1-2H3. The van der Waals surface area contributed by atoms with Gasteiger partial charge in [0, 0.05) is 17.7 Å². The molecule has 0 heterocycles. The fourth-order valence-corrected chi connectivity index (χ4v) is 2.95. The Balaban J connectivity index is 1.78. The zero-order valence-electron chi connectivity index (χ0n) is 16.1. The molecule has 0 amide bonds. The van der Waals surface area contributed by atoms with Crippen molar-refractivity contribution in [3.8, 4) is 28.7 Å². The van der Waals surface area contributed by atoms with Crippen LogP contribution in [0.4, 0.5) is 8.78 Å². The van der Waals surface area contributed by atoms with Crippen molar-refractivity contribution in [3.05, 3.63) is 89.0 Å². The van der Waals surface area contributed by atoms with E-state index in [1.165, 1.54) is 5.56 Å². The zero-order valence-corrected chi connectivity index (χ0v) is 16.1. The van der Waals surface area contributed by atoms with E-state index in [1.54, 1.807) is 6.92 Å². The maximum absolute atomic E-state index is 14.1. The van der Waals surface area contributed by atoms with Gasteiger partial charge in [-0.2, -0.15) is 0 Å². The zero-order chi connectivity index (χ0) is 19.9. The first-order chi connectivity index (χ1) is 13.6. The molecule has 3 heteroatoms. The van der Waals surface area contributed by atoms with Crippen LogP contribution < -0.4 is 4.74 Å². The lowest BCUT2D eigenvalue weighted by molar-refractivity contribution is 0.335. The Morgan fingerprint density at radius 1 is 0.786 bits per heavy atom. The minimum Gasteiger partial charge on any atom is -0.494 e. The van der Waals surface area contributed by atoms with Gasteiger partial charge in [-0.1, -0.05) is 61.6 Å². The molecule has 0 aliphatic carbocycles. The third-order valence-corrected chi connectivity index (χ3v) is 4.37. The number of halogens is 2. The van der Waals surface area contributed by atoms with E-state index in [0.29, 0.717) is 12.2 Å². The minimum absolute atomic E-state index is 0.164. The van der Waals surface area contributed by atoms with Gasteiger partial charge >= 0.3 is 0 Å². The molecule has 0 radical (unpaired) electrons. The third-order valence-electron chi connectivity index (χ3n) is 4.37. The summed E-state index contributed by atoms with van der Waals surface area (Å²) in [6.07, 6.45) is 2.20. The van der Waals surface area contributed by atoms with Gasteiger partial charge < -0.3 is 4.74 Å². The molecule has 0 saturated heterocycles. The predicted molar refractivity (Wildman–Crippen MR) is 109 cm³/mol. The molecule has 142 valence electrons. The highest BCUT2D eigenvalue weighted by atomic mass is 19.1. The molecule has 3 aromatic carbocycles. The second-order valence-corrected chi connectivity index (χ2v) is 6.47. The molecule has 1 nitrogen and oxygen atoms in total. The predicted octanol–water partition coefficient (Wildman–Crippen LogP) is 6.38. The van der Waals surface area contributed by atoms with E-state index in [-0.39, 0.29) is 11.3 Å². The van der Waals surface area contributed by atoms with Crippen LogP contribution in [0.2, 0.25) is 0 Å². The Bertz CT molecular complexity index is 970. The normalized spacial score (nSPS) is 10.3. The summed E-state index contributed by atoms with van der Waals surface area (Å²) in [7, 11) is 0. The fourth-order valence-electron chi connectivity index (χ4n) is 2.95. The van der Waals surface area contributed by atoms with Crippen LogP contribution in [0.15, 0.2) is 60.7 Å².